The zero-order valence-corrected chi connectivity index (χ0v) is 17.2. The van der Waals surface area contributed by atoms with E-state index in [0.717, 1.165) is 27.8 Å². The van der Waals surface area contributed by atoms with E-state index in [0.29, 0.717) is 28.1 Å². The Bertz CT molecular complexity index is 1000. The molecule has 4 rings (SSSR count). The van der Waals surface area contributed by atoms with Crippen LogP contribution in [0.1, 0.15) is 29.2 Å². The Kier molecular flexibility index (Phi) is 5.00. The van der Waals surface area contributed by atoms with Gasteiger partial charge in [0.25, 0.3) is 5.91 Å². The van der Waals surface area contributed by atoms with Crippen molar-refractivity contribution in [2.24, 2.45) is 0 Å². The van der Waals surface area contributed by atoms with Gasteiger partial charge in [-0.2, -0.15) is 0 Å². The summed E-state index contributed by atoms with van der Waals surface area (Å²) in [6.07, 6.45) is 2.21. The molecule has 9 heteroatoms. The summed E-state index contributed by atoms with van der Waals surface area (Å²) in [5.41, 5.74) is 1.94. The number of hydrogen-bond donors (Lipinski definition) is 1. The van der Waals surface area contributed by atoms with Crippen molar-refractivity contribution >= 4 is 45.8 Å². The minimum Gasteiger partial charge on any atom is -0.496 e. The van der Waals surface area contributed by atoms with Crippen molar-refractivity contribution in [2.75, 3.05) is 12.4 Å². The maximum Gasteiger partial charge on any atom is 0.259 e. The number of benzene rings is 2. The lowest BCUT2D eigenvalue weighted by Gasteiger charge is -2.11. The van der Waals surface area contributed by atoms with Crippen LogP contribution in [0.3, 0.4) is 0 Å². The lowest BCUT2D eigenvalue weighted by atomic mass is 10.1. The molecule has 0 atom stereocenters. The normalized spacial score (nSPS) is 13.4. The first-order valence-electron chi connectivity index (χ1n) is 8.29. The smallest absolute Gasteiger partial charge is 0.259 e. The molecule has 1 heterocycles. The van der Waals surface area contributed by atoms with Crippen molar-refractivity contribution in [2.45, 2.75) is 18.9 Å². The van der Waals surface area contributed by atoms with E-state index in [1.165, 1.54) is 7.11 Å². The number of rotatable bonds is 5. The standard InChI is InChI=1S/C18H15ClIN5O2/c1-27-16-9-15(20)14(19)8-13(16)18(26)21-11-4-2-10(3-5-11)17-22-23-24-25(17)12-6-7-12/h2-5,8-9,12H,6-7H2,1H3,(H,21,26). The summed E-state index contributed by atoms with van der Waals surface area (Å²) in [6, 6.07) is 11.2. The number of methoxy groups -OCH3 is 1. The minimum absolute atomic E-state index is 0.291. The van der Waals surface area contributed by atoms with E-state index in [1.807, 2.05) is 28.9 Å². The van der Waals surface area contributed by atoms with Crippen molar-refractivity contribution < 1.29 is 9.53 Å². The fraction of sp³-hybridized carbons (Fsp3) is 0.222. The van der Waals surface area contributed by atoms with Crippen LogP contribution in [0.5, 0.6) is 5.75 Å². The Morgan fingerprint density at radius 1 is 1.30 bits per heavy atom. The van der Waals surface area contributed by atoms with Crippen LogP contribution in [0.4, 0.5) is 5.69 Å². The van der Waals surface area contributed by atoms with E-state index in [-0.39, 0.29) is 5.91 Å². The number of halogens is 2. The van der Waals surface area contributed by atoms with Crippen LogP contribution in [-0.4, -0.2) is 33.2 Å². The number of tetrazole rings is 1. The van der Waals surface area contributed by atoms with E-state index in [1.54, 1.807) is 12.1 Å². The fourth-order valence-corrected chi connectivity index (χ4v) is 3.33. The Morgan fingerprint density at radius 2 is 2.04 bits per heavy atom. The zero-order chi connectivity index (χ0) is 19.0. The third-order valence-electron chi connectivity index (χ3n) is 4.27. The number of carbonyl (C=O) groups is 1. The van der Waals surface area contributed by atoms with E-state index >= 15 is 0 Å². The molecule has 0 bridgehead atoms. The first-order chi connectivity index (χ1) is 13.1. The average Bonchev–Trinajstić information content (AvgIpc) is 3.40. The number of anilines is 1. The van der Waals surface area contributed by atoms with Gasteiger partial charge in [-0.3, -0.25) is 4.79 Å². The zero-order valence-electron chi connectivity index (χ0n) is 14.3. The molecule has 0 unspecified atom stereocenters. The molecule has 0 saturated heterocycles. The Morgan fingerprint density at radius 3 is 2.70 bits per heavy atom. The summed E-state index contributed by atoms with van der Waals surface area (Å²) in [4.78, 5) is 12.6. The second kappa shape index (κ2) is 7.43. The SMILES string of the molecule is COc1cc(I)c(Cl)cc1C(=O)Nc1ccc(-c2nnnn2C2CC2)cc1. The molecule has 0 radical (unpaired) electrons. The maximum absolute atomic E-state index is 12.6. The van der Waals surface area contributed by atoms with Gasteiger partial charge in [-0.1, -0.05) is 11.6 Å². The quantitative estimate of drug-likeness (QED) is 0.537. The Balaban J connectivity index is 1.54. The Hall–Kier alpha value is -2.20. The molecule has 138 valence electrons. The van der Waals surface area contributed by atoms with Gasteiger partial charge >= 0.3 is 0 Å². The van der Waals surface area contributed by atoms with E-state index < -0.39 is 0 Å². The summed E-state index contributed by atoms with van der Waals surface area (Å²) in [7, 11) is 1.52. The van der Waals surface area contributed by atoms with Crippen molar-refractivity contribution in [1.29, 1.82) is 0 Å². The lowest BCUT2D eigenvalue weighted by molar-refractivity contribution is 0.102. The van der Waals surface area contributed by atoms with Gasteiger partial charge in [0.1, 0.15) is 5.75 Å². The number of aromatic nitrogens is 4. The molecule has 1 aromatic heterocycles. The van der Waals surface area contributed by atoms with Crippen LogP contribution < -0.4 is 10.1 Å². The predicted molar refractivity (Wildman–Crippen MR) is 110 cm³/mol. The van der Waals surface area contributed by atoms with Crippen molar-refractivity contribution in [1.82, 2.24) is 20.2 Å². The van der Waals surface area contributed by atoms with Gasteiger partial charge in [0.15, 0.2) is 5.82 Å². The van der Waals surface area contributed by atoms with Crippen molar-refractivity contribution in [3.63, 3.8) is 0 Å². The average molecular weight is 496 g/mol. The number of amides is 1. The number of nitrogens with one attached hydrogen (secondary N) is 1. The van der Waals surface area contributed by atoms with Gasteiger partial charge in [0.2, 0.25) is 0 Å². The van der Waals surface area contributed by atoms with Gasteiger partial charge < -0.3 is 10.1 Å². The lowest BCUT2D eigenvalue weighted by Crippen LogP contribution is -2.13. The molecule has 1 saturated carbocycles. The molecule has 27 heavy (non-hydrogen) atoms. The van der Waals surface area contributed by atoms with Crippen LogP contribution in [0.15, 0.2) is 36.4 Å². The van der Waals surface area contributed by atoms with Gasteiger partial charge in [-0.15, -0.1) is 5.10 Å². The predicted octanol–water partition coefficient (Wildman–Crippen LogP) is 4.19. The summed E-state index contributed by atoms with van der Waals surface area (Å²) < 4.78 is 7.97. The highest BCUT2D eigenvalue weighted by molar-refractivity contribution is 14.1. The molecule has 1 aliphatic rings. The van der Waals surface area contributed by atoms with Crippen molar-refractivity contribution in [3.05, 3.63) is 50.6 Å². The summed E-state index contributed by atoms with van der Waals surface area (Å²) >= 11 is 8.24. The van der Waals surface area contributed by atoms with Gasteiger partial charge in [0, 0.05) is 14.8 Å². The molecular weight excluding hydrogens is 481 g/mol. The molecule has 0 spiro atoms. The number of nitrogens with zero attached hydrogens (tertiary/aromatic N) is 4. The molecule has 1 aliphatic carbocycles. The van der Waals surface area contributed by atoms with Gasteiger partial charge in [0.05, 0.1) is 23.7 Å². The monoisotopic (exact) mass is 495 g/mol. The minimum atomic E-state index is -0.291. The molecule has 1 N–H and O–H groups in total. The van der Waals surface area contributed by atoms with Crippen LogP contribution >= 0.6 is 34.2 Å². The van der Waals surface area contributed by atoms with E-state index in [4.69, 9.17) is 16.3 Å². The Labute approximate surface area is 174 Å². The highest BCUT2D eigenvalue weighted by atomic mass is 127. The largest absolute Gasteiger partial charge is 0.496 e. The molecule has 3 aromatic rings. The summed E-state index contributed by atoms with van der Waals surface area (Å²) in [5, 5.41) is 15.3. The third kappa shape index (κ3) is 3.77. The molecule has 0 aliphatic heterocycles. The topological polar surface area (TPSA) is 81.9 Å². The van der Waals surface area contributed by atoms with Gasteiger partial charge in [-0.25, -0.2) is 4.68 Å². The van der Waals surface area contributed by atoms with E-state index in [2.05, 4.69) is 43.4 Å². The first-order valence-corrected chi connectivity index (χ1v) is 9.75. The first kappa shape index (κ1) is 18.2. The highest BCUT2D eigenvalue weighted by Crippen LogP contribution is 2.36. The van der Waals surface area contributed by atoms with Crippen LogP contribution in [0.25, 0.3) is 11.4 Å². The number of hydrogen-bond acceptors (Lipinski definition) is 5. The number of ether oxygens (including phenoxy) is 1. The van der Waals surface area contributed by atoms with Crippen LogP contribution in [-0.2, 0) is 0 Å². The molecule has 1 amide bonds. The second-order valence-electron chi connectivity index (χ2n) is 6.18. The molecule has 7 nitrogen and oxygen atoms in total. The summed E-state index contributed by atoms with van der Waals surface area (Å²) in [6.45, 7) is 0. The molecular formula is C18H15ClIN5O2. The van der Waals surface area contributed by atoms with Crippen LogP contribution in [0.2, 0.25) is 5.02 Å². The van der Waals surface area contributed by atoms with Crippen LogP contribution in [0, 0.1) is 3.57 Å². The number of carbonyl (C=O) groups excluding carboxylic acids is 1. The molecule has 2 aromatic carbocycles. The molecule has 1 fully saturated rings. The highest BCUT2D eigenvalue weighted by Gasteiger charge is 2.28. The maximum atomic E-state index is 12.6. The van der Waals surface area contributed by atoms with Gasteiger partial charge in [-0.05, 0) is 82.3 Å². The van der Waals surface area contributed by atoms with Crippen molar-refractivity contribution in [3.8, 4) is 17.1 Å². The third-order valence-corrected chi connectivity index (χ3v) is 5.80. The summed E-state index contributed by atoms with van der Waals surface area (Å²) in [5.74, 6) is 0.920. The van der Waals surface area contributed by atoms with E-state index in [9.17, 15) is 4.79 Å². The second-order valence-corrected chi connectivity index (χ2v) is 7.75. The fourth-order valence-electron chi connectivity index (χ4n) is 2.72.